The summed E-state index contributed by atoms with van der Waals surface area (Å²) < 4.78 is 16.8. The predicted molar refractivity (Wildman–Crippen MR) is 397 cm³/mol. The molecule has 622 valence electrons. The van der Waals surface area contributed by atoms with Crippen LogP contribution in [-0.4, -0.2) is 318 Å². The maximum Gasteiger partial charge on any atom is 0.305 e. The van der Waals surface area contributed by atoms with Crippen molar-refractivity contribution < 1.29 is 106 Å². The van der Waals surface area contributed by atoms with Crippen molar-refractivity contribution in [1.29, 1.82) is 0 Å². The molecule has 0 aromatic heterocycles. The Morgan fingerprint density at radius 1 is 0.496 bits per heavy atom. The van der Waals surface area contributed by atoms with Crippen molar-refractivity contribution in [2.75, 3.05) is 98.2 Å². The van der Waals surface area contributed by atoms with E-state index < -0.39 is 217 Å². The van der Waals surface area contributed by atoms with Crippen LogP contribution in [0.3, 0.4) is 0 Å². The van der Waals surface area contributed by atoms with Crippen LogP contribution in [0.5, 0.6) is 0 Å². The molecule has 4 aliphatic heterocycles. The Kier molecular flexibility index (Phi) is 40.7. The molecule has 0 radical (unpaired) electrons. The Balaban J connectivity index is 0.0000228. The molecule has 10 atom stereocenters. The molecule has 0 saturated carbocycles. The maximum atomic E-state index is 14.3. The number of hydrogen-bond donors (Lipinski definition) is 20. The van der Waals surface area contributed by atoms with Gasteiger partial charge < -0.3 is 91.8 Å². The van der Waals surface area contributed by atoms with Gasteiger partial charge in [-0.1, -0.05) is 60.7 Å². The van der Waals surface area contributed by atoms with Gasteiger partial charge in [0, 0.05) is 19.4 Å². The van der Waals surface area contributed by atoms with Gasteiger partial charge in [-0.15, -0.1) is 0 Å². The van der Waals surface area contributed by atoms with Crippen LogP contribution >= 0.6 is 0 Å². The van der Waals surface area contributed by atoms with Crippen LogP contribution in [-0.2, 0) is 98.1 Å². The van der Waals surface area contributed by atoms with Crippen molar-refractivity contribution >= 4 is 123 Å². The van der Waals surface area contributed by atoms with E-state index in [4.69, 9.17) is 31.5 Å². The normalized spacial score (nSPS) is 23.4. The molecule has 6 rings (SSSR count). The van der Waals surface area contributed by atoms with Crippen LogP contribution in [0.1, 0.15) is 88.2 Å². The number of nitrogens with one attached hydrogen (secondary N) is 13. The summed E-state index contributed by atoms with van der Waals surface area (Å²) in [7, 11) is 0. The van der Waals surface area contributed by atoms with Gasteiger partial charge in [-0.3, -0.25) is 67.8 Å². The van der Waals surface area contributed by atoms with Crippen molar-refractivity contribution in [3.05, 3.63) is 71.8 Å². The van der Waals surface area contributed by atoms with Crippen LogP contribution in [0.15, 0.2) is 65.7 Å². The molecule has 0 aliphatic carbocycles. The third-order valence-electron chi connectivity index (χ3n) is 17.8. The van der Waals surface area contributed by atoms with Gasteiger partial charge in [0.2, 0.25) is 59.1 Å². The topological polar surface area (TPSA) is 676 Å². The number of nitrogens with zero attached hydrogens (tertiary/aromatic N) is 4. The van der Waals surface area contributed by atoms with Crippen LogP contribution < -0.4 is 92.1 Å². The molecule has 26 N–H and O–H groups in total. The van der Waals surface area contributed by atoms with Crippen LogP contribution in [0, 0.1) is 0 Å². The second-order valence-electron chi connectivity index (χ2n) is 27.0. The van der Waals surface area contributed by atoms with Crippen molar-refractivity contribution in [2.24, 2.45) is 27.9 Å². The second-order valence-corrected chi connectivity index (χ2v) is 30.7. The van der Waals surface area contributed by atoms with E-state index in [1.807, 2.05) is 0 Å². The Hall–Kier alpha value is -10.3. The molecule has 113 heavy (non-hydrogen) atoms. The number of nitrogens with two attached hydrogens (primary N) is 4. The fraction of sp³-hybridized carbons (Fsp3) is 0.574. The summed E-state index contributed by atoms with van der Waals surface area (Å²) >= 11 is -4.74. The predicted octanol–water partition coefficient (Wildman–Crippen LogP) is -10.7. The minimum Gasteiger partial charge on any atom is -0.481 e. The number of rotatable bonds is 31. The minimum atomic E-state index is -4.74. The van der Waals surface area contributed by atoms with Crippen molar-refractivity contribution in [2.45, 2.75) is 151 Å². The molecule has 4 aliphatic rings. The first-order valence-electron chi connectivity index (χ1n) is 36.7. The summed E-state index contributed by atoms with van der Waals surface area (Å²) in [6, 6.07) is 5.20. The summed E-state index contributed by atoms with van der Waals surface area (Å²) in [6.07, 6.45) is -3.79. The van der Waals surface area contributed by atoms with E-state index in [2.05, 4.69) is 74.1 Å². The van der Waals surface area contributed by atoms with Gasteiger partial charge in [0.15, 0.2) is 5.96 Å². The van der Waals surface area contributed by atoms with Crippen molar-refractivity contribution in [1.82, 2.24) is 83.8 Å². The zero-order valence-corrected chi connectivity index (χ0v) is 65.6. The second kappa shape index (κ2) is 49.3. The number of unbranched alkanes of at least 4 members (excludes halogenated alkanes) is 2. The Bertz CT molecular complexity index is 3610. The van der Waals surface area contributed by atoms with E-state index in [1.165, 1.54) is 9.80 Å². The van der Waals surface area contributed by atoms with Gasteiger partial charge in [-0.05, 0) is 43.4 Å². The van der Waals surface area contributed by atoms with Crippen molar-refractivity contribution in [3.8, 4) is 0 Å². The smallest absolute Gasteiger partial charge is 0.305 e. The summed E-state index contributed by atoms with van der Waals surface area (Å²) in [5.74, 6) is -15.2. The van der Waals surface area contributed by atoms with Crippen molar-refractivity contribution in [3.63, 3.8) is 0 Å². The zero-order chi connectivity index (χ0) is 81.7. The van der Waals surface area contributed by atoms with E-state index >= 15 is 0 Å². The fourth-order valence-corrected chi connectivity index (χ4v) is 15.2. The molecular weight excluding hydrogens is 1590 g/mol. The monoisotopic (exact) mass is 1700 g/mol. The number of hydrogen-bond acceptors (Lipinski definition) is 27. The molecule has 12 amide bonds. The number of aliphatic carboxylic acids is 2. The van der Waals surface area contributed by atoms with E-state index in [-0.39, 0.29) is 160 Å². The fourth-order valence-electron chi connectivity index (χ4n) is 12.1. The van der Waals surface area contributed by atoms with Gasteiger partial charge in [-0.2, -0.15) is 0 Å². The van der Waals surface area contributed by atoms with E-state index in [0.29, 0.717) is 11.1 Å². The van der Waals surface area contributed by atoms with Gasteiger partial charge in [0.1, 0.15) is 42.5 Å². The molecule has 2 unspecified atom stereocenters. The molecular formula is C68H104InN21O23. The standard InChI is InChI=1S/C68H104N21O22.In.H2O/c69-67(70)75-23-11-19-42-59(104)77-33-50(90)79-48(31-54(94)95)65(110)85-46(29-40-13-3-1-4-14-40)63(108)83-44(61(106)81-42)17-7-9-21-73-52(92)35-88(38-57(100)101)27-25-87(37-56(98)99)26-28-89(39-58(102)103)36-53(93)74-22-10-8-18-45-62(107)82-43(20-12-24-76-68(71)72)60(105)78-34-51(91)80-49(32-55(96)97)66(111)86-47(64(109)84-45)30-41-15-5-2-6-16-41;;/h1-6,13-16,42-49,56,67,75,98H,7-12,17-39,69-70H2,(H,73,92)(H,74,93)(H,77,104)(H,78,105)(H,79,90)(H,80,91)(H,81,106)(H,82,107)(H,83,108)(H,84,109)(H,85,110)(H,86,111)(H,94,95)(H,96,97)(H,100,101)(H,102,103)(H4,71,72,76);;1H2/q-1;+3;/p-2/t42-,43-,44-,45-,46+,47+,48-,49-,56?;;/m0../s1. The molecule has 2 aromatic carbocycles. The number of fused-ring (bicyclic) bond motifs is 4. The van der Waals surface area contributed by atoms with E-state index in [9.17, 15) is 92.0 Å². The Morgan fingerprint density at radius 2 is 0.876 bits per heavy atom. The zero-order valence-electron chi connectivity index (χ0n) is 62.3. The Morgan fingerprint density at radius 3 is 1.28 bits per heavy atom. The maximum absolute atomic E-state index is 14.3. The number of carboxylic acid groups (broad SMARTS) is 2. The quantitative estimate of drug-likeness (QED) is 0.0144. The summed E-state index contributed by atoms with van der Waals surface area (Å²) in [5, 5.41) is 63.7. The number of aliphatic hydroxyl groups is 1. The molecule has 44 nitrogen and oxygen atoms in total. The van der Waals surface area contributed by atoms with E-state index in [1.54, 1.807) is 65.6 Å². The van der Waals surface area contributed by atoms with Crippen LogP contribution in [0.4, 0.5) is 0 Å². The largest absolute Gasteiger partial charge is 0.481 e. The first-order valence-corrected chi connectivity index (χ1v) is 40.7. The average Bonchev–Trinajstić information content (AvgIpc) is 1.83. The van der Waals surface area contributed by atoms with Gasteiger partial charge >= 0.3 is 246 Å². The number of carbonyl (C=O) groups excluding carboxylic acids is 14. The SMILES string of the molecule is NC(N)=NCCC[C@@H]1NC(=O)[C@H](CCCCNC(=O)CN2CCN3CCN(CC(=O)NCCCC[C@@H]4NC(=O)[C@@H](Cc5ccccc5)NC(=O)[C@H](CC(=O)O)NC(=O)CNC(=O)[C@H](CCCNC(N)N)NC4=O)CC(=O)[O][In]([O]C(=O)C2)[O]C(O)C3)NC(=O)[C@@H](Cc2ccccc2)NC(=O)[C@H](CC(=O)O)NC(=O)CNC1=O.O. The third-order valence-corrected chi connectivity index (χ3v) is 21.9. The molecule has 0 spiro atoms. The number of carbonyl (C=O) groups is 16. The third kappa shape index (κ3) is 36.0. The number of carboxylic acids is 2. The number of guanidine groups is 1. The molecule has 2 aromatic rings. The van der Waals surface area contributed by atoms with Crippen LogP contribution in [0.2, 0.25) is 0 Å². The minimum absolute atomic E-state index is 0. The van der Waals surface area contributed by atoms with E-state index in [0.717, 1.165) is 0 Å². The molecule has 2 bridgehead atoms. The van der Waals surface area contributed by atoms with Gasteiger partial charge in [0.05, 0.1) is 25.9 Å². The van der Waals surface area contributed by atoms with Crippen LogP contribution in [0.25, 0.3) is 0 Å². The Labute approximate surface area is 658 Å². The number of benzene rings is 2. The summed E-state index contributed by atoms with van der Waals surface area (Å²) in [4.78, 5) is 225. The first kappa shape index (κ1) is 93.3. The summed E-state index contributed by atoms with van der Waals surface area (Å²) in [6.45, 7) is -2.87. The number of aliphatic hydroxyl groups excluding tert-OH is 1. The molecule has 4 saturated heterocycles. The average molecular weight is 1700 g/mol. The number of amides is 12. The van der Waals surface area contributed by atoms with Gasteiger partial charge in [-0.25, -0.2) is 0 Å². The molecule has 45 heteroatoms. The molecule has 4 fully saturated rings. The summed E-state index contributed by atoms with van der Waals surface area (Å²) in [5.41, 5.74) is 23.3. The first-order chi connectivity index (χ1) is 53.4. The number of aliphatic imine (C=N–C) groups is 1. The molecule has 4 heterocycles. The van der Waals surface area contributed by atoms with Gasteiger partial charge in [0.25, 0.3) is 0 Å².